The van der Waals surface area contributed by atoms with Gasteiger partial charge < -0.3 is 16.2 Å². The van der Waals surface area contributed by atoms with Crippen LogP contribution in [0.15, 0.2) is 30.7 Å². The van der Waals surface area contributed by atoms with Gasteiger partial charge in [0.2, 0.25) is 0 Å². The smallest absolute Gasteiger partial charge is 0.336 e. The van der Waals surface area contributed by atoms with Gasteiger partial charge in [0.25, 0.3) is 0 Å². The lowest BCUT2D eigenvalue weighted by Gasteiger charge is -2.17. The van der Waals surface area contributed by atoms with Crippen molar-refractivity contribution in [3.8, 4) is 17.3 Å². The fraction of sp³-hybridized carbons (Fsp3) is 0.217. The first-order valence-electron chi connectivity index (χ1n) is 10.2. The van der Waals surface area contributed by atoms with E-state index in [0.717, 1.165) is 16.6 Å². The molecule has 0 fully saturated rings. The third-order valence-electron chi connectivity index (χ3n) is 5.48. The fourth-order valence-electron chi connectivity index (χ4n) is 3.91. The van der Waals surface area contributed by atoms with E-state index in [4.69, 9.17) is 10.7 Å². The summed E-state index contributed by atoms with van der Waals surface area (Å²) in [5.41, 5.74) is 10.8. The second-order valence-electron chi connectivity index (χ2n) is 7.86. The monoisotopic (exact) mass is 442 g/mol. The number of nitrogens with zero attached hydrogens (tertiary/aromatic N) is 6. The predicted molar refractivity (Wildman–Crippen MR) is 123 cm³/mol. The van der Waals surface area contributed by atoms with Crippen molar-refractivity contribution >= 4 is 23.1 Å². The highest BCUT2D eigenvalue weighted by Crippen LogP contribution is 2.30. The molecule has 4 aromatic rings. The van der Waals surface area contributed by atoms with E-state index >= 15 is 0 Å². The zero-order chi connectivity index (χ0) is 23.9. The van der Waals surface area contributed by atoms with Crippen LogP contribution < -0.4 is 11.1 Å². The molecule has 0 aliphatic rings. The van der Waals surface area contributed by atoms with Gasteiger partial charge in [-0.2, -0.15) is 10.4 Å². The number of nitrogen functional groups attached to an aromatic ring is 1. The molecule has 1 aromatic carbocycles. The highest BCUT2D eigenvalue weighted by molar-refractivity contribution is 5.93. The molecule has 3 heterocycles. The molecule has 10 heteroatoms. The minimum Gasteiger partial charge on any atom is -0.478 e. The Hall–Kier alpha value is -4.52. The summed E-state index contributed by atoms with van der Waals surface area (Å²) >= 11 is 0. The molecule has 0 saturated carbocycles. The van der Waals surface area contributed by atoms with Gasteiger partial charge >= 0.3 is 5.97 Å². The number of anilines is 2. The largest absolute Gasteiger partial charge is 0.478 e. The van der Waals surface area contributed by atoms with E-state index in [1.165, 1.54) is 6.33 Å². The van der Waals surface area contributed by atoms with Crippen molar-refractivity contribution in [2.24, 2.45) is 0 Å². The van der Waals surface area contributed by atoms with Gasteiger partial charge in [-0.3, -0.25) is 0 Å². The number of aromatic carboxylic acids is 1. The number of rotatable bonds is 5. The van der Waals surface area contributed by atoms with E-state index in [1.807, 2.05) is 44.3 Å². The number of nitrogens with two attached hydrogens (primary N) is 1. The van der Waals surface area contributed by atoms with E-state index in [9.17, 15) is 15.2 Å². The standard InChI is InChI=1S/C23H22N8O2/c1-11-5-6-31-19(11)18(15-7-12(2)17(23(32)33)13(3)8-15)29-21(30-31)14(4)28-22-16(9-24)20(25)26-10-27-22/h5-8,10,14H,1-4H3,(H,32,33)(H3,25,26,27,28). The van der Waals surface area contributed by atoms with Gasteiger partial charge in [-0.25, -0.2) is 24.3 Å². The zero-order valence-electron chi connectivity index (χ0n) is 18.6. The molecule has 0 radical (unpaired) electrons. The summed E-state index contributed by atoms with van der Waals surface area (Å²) in [5.74, 6) is -0.111. The number of carbonyl (C=O) groups is 1. The number of fused-ring (bicyclic) bond motifs is 1. The highest BCUT2D eigenvalue weighted by atomic mass is 16.4. The number of hydrogen-bond acceptors (Lipinski definition) is 8. The third kappa shape index (κ3) is 3.80. The van der Waals surface area contributed by atoms with Gasteiger partial charge in [-0.1, -0.05) is 0 Å². The molecular weight excluding hydrogens is 420 g/mol. The molecule has 10 nitrogen and oxygen atoms in total. The first kappa shape index (κ1) is 21.7. The average Bonchev–Trinajstić information content (AvgIpc) is 3.13. The Bertz CT molecular complexity index is 1430. The summed E-state index contributed by atoms with van der Waals surface area (Å²) < 4.78 is 1.75. The van der Waals surface area contributed by atoms with Crippen molar-refractivity contribution < 1.29 is 9.90 Å². The molecule has 33 heavy (non-hydrogen) atoms. The summed E-state index contributed by atoms with van der Waals surface area (Å²) in [5, 5.41) is 26.7. The van der Waals surface area contributed by atoms with Crippen LogP contribution in [0.4, 0.5) is 11.6 Å². The topological polar surface area (TPSA) is 155 Å². The summed E-state index contributed by atoms with van der Waals surface area (Å²) in [6.07, 6.45) is 3.13. The lowest BCUT2D eigenvalue weighted by Crippen LogP contribution is -2.16. The molecule has 0 bridgehead atoms. The Morgan fingerprint density at radius 2 is 1.91 bits per heavy atom. The number of nitriles is 1. The van der Waals surface area contributed by atoms with Gasteiger partial charge in [0.1, 0.15) is 29.6 Å². The van der Waals surface area contributed by atoms with Crippen LogP contribution in [0.25, 0.3) is 16.8 Å². The maximum atomic E-state index is 11.6. The van der Waals surface area contributed by atoms with Crippen LogP contribution >= 0.6 is 0 Å². The molecule has 4 rings (SSSR count). The molecule has 1 atom stereocenters. The maximum Gasteiger partial charge on any atom is 0.336 e. The average molecular weight is 442 g/mol. The first-order valence-corrected chi connectivity index (χ1v) is 10.2. The SMILES string of the molecule is Cc1cc(-c2nc(C(C)Nc3ncnc(N)c3C#N)nn3ccc(C)c23)cc(C)c1C(=O)O. The number of aryl methyl sites for hydroxylation is 3. The number of carboxylic acids is 1. The second-order valence-corrected chi connectivity index (χ2v) is 7.86. The number of nitrogens with one attached hydrogen (secondary N) is 1. The molecule has 0 saturated heterocycles. The Morgan fingerprint density at radius 1 is 1.21 bits per heavy atom. The van der Waals surface area contributed by atoms with Gasteiger partial charge in [-0.05, 0) is 62.6 Å². The van der Waals surface area contributed by atoms with Crippen molar-refractivity contribution in [3.63, 3.8) is 0 Å². The maximum absolute atomic E-state index is 11.6. The van der Waals surface area contributed by atoms with Crippen LogP contribution in [-0.2, 0) is 0 Å². The van der Waals surface area contributed by atoms with Crippen molar-refractivity contribution in [1.29, 1.82) is 5.26 Å². The molecule has 166 valence electrons. The fourth-order valence-corrected chi connectivity index (χ4v) is 3.91. The second kappa shape index (κ2) is 8.20. The third-order valence-corrected chi connectivity index (χ3v) is 5.48. The van der Waals surface area contributed by atoms with Crippen LogP contribution in [0.2, 0.25) is 0 Å². The number of benzene rings is 1. The van der Waals surface area contributed by atoms with Crippen LogP contribution in [0.3, 0.4) is 0 Å². The van der Waals surface area contributed by atoms with Crippen molar-refractivity contribution in [3.05, 3.63) is 64.4 Å². The van der Waals surface area contributed by atoms with E-state index in [-0.39, 0.29) is 16.9 Å². The lowest BCUT2D eigenvalue weighted by atomic mass is 9.97. The van der Waals surface area contributed by atoms with Crippen molar-refractivity contribution in [2.75, 3.05) is 11.1 Å². The van der Waals surface area contributed by atoms with E-state index in [0.29, 0.717) is 28.5 Å². The number of carboxylic acid groups (broad SMARTS) is 1. The van der Waals surface area contributed by atoms with Crippen molar-refractivity contribution in [1.82, 2.24) is 24.6 Å². The Morgan fingerprint density at radius 3 is 2.55 bits per heavy atom. The quantitative estimate of drug-likeness (QED) is 0.421. The molecule has 0 amide bonds. The molecule has 4 N–H and O–H groups in total. The van der Waals surface area contributed by atoms with Crippen LogP contribution in [0.1, 0.15) is 51.4 Å². The molecule has 0 aliphatic carbocycles. The first-order chi connectivity index (χ1) is 15.7. The molecule has 3 aromatic heterocycles. The number of hydrogen-bond donors (Lipinski definition) is 3. The predicted octanol–water partition coefficient (Wildman–Crippen LogP) is 3.44. The normalized spacial score (nSPS) is 11.8. The van der Waals surface area contributed by atoms with Crippen LogP contribution in [0.5, 0.6) is 0 Å². The summed E-state index contributed by atoms with van der Waals surface area (Å²) in [4.78, 5) is 24.4. The Kier molecular flexibility index (Phi) is 5.39. The molecule has 0 aliphatic heterocycles. The van der Waals surface area contributed by atoms with Gasteiger partial charge in [0.15, 0.2) is 5.82 Å². The summed E-state index contributed by atoms with van der Waals surface area (Å²) in [6.45, 7) is 7.37. The highest BCUT2D eigenvalue weighted by Gasteiger charge is 2.20. The van der Waals surface area contributed by atoms with E-state index in [1.54, 1.807) is 18.4 Å². The zero-order valence-corrected chi connectivity index (χ0v) is 18.6. The molecule has 1 unspecified atom stereocenters. The Labute approximate surface area is 189 Å². The molecule has 0 spiro atoms. The van der Waals surface area contributed by atoms with Gasteiger partial charge in [0.05, 0.1) is 22.8 Å². The van der Waals surface area contributed by atoms with Gasteiger partial charge in [0, 0.05) is 11.8 Å². The van der Waals surface area contributed by atoms with Gasteiger partial charge in [-0.15, -0.1) is 0 Å². The minimum atomic E-state index is -0.959. The minimum absolute atomic E-state index is 0.0877. The Balaban J connectivity index is 1.85. The molecular formula is C23H22N8O2. The van der Waals surface area contributed by atoms with Crippen molar-refractivity contribution in [2.45, 2.75) is 33.7 Å². The number of aromatic nitrogens is 5. The summed E-state index contributed by atoms with van der Waals surface area (Å²) in [6, 6.07) is 7.19. The summed E-state index contributed by atoms with van der Waals surface area (Å²) in [7, 11) is 0. The van der Waals surface area contributed by atoms with Crippen LogP contribution in [0, 0.1) is 32.1 Å². The van der Waals surface area contributed by atoms with E-state index < -0.39 is 12.0 Å². The lowest BCUT2D eigenvalue weighted by molar-refractivity contribution is 0.0695. The van der Waals surface area contributed by atoms with E-state index in [2.05, 4.69) is 20.4 Å². The van der Waals surface area contributed by atoms with Crippen LogP contribution in [-0.4, -0.2) is 35.6 Å².